The van der Waals surface area contributed by atoms with Crippen molar-refractivity contribution in [3.8, 4) is 0 Å². The van der Waals surface area contributed by atoms with Crippen LogP contribution < -0.4 is 0 Å². The van der Waals surface area contributed by atoms with E-state index in [2.05, 4.69) is 4.98 Å². The topological polar surface area (TPSA) is 85.8 Å². The highest BCUT2D eigenvalue weighted by Crippen LogP contribution is 2.32. The number of amides is 1. The number of pyridine rings is 1. The molecule has 25 heavy (non-hydrogen) atoms. The third-order valence-electron chi connectivity index (χ3n) is 4.04. The van der Waals surface area contributed by atoms with Crippen molar-refractivity contribution in [3.63, 3.8) is 0 Å². The van der Waals surface area contributed by atoms with Crippen LogP contribution in [-0.4, -0.2) is 53.5 Å². The van der Waals surface area contributed by atoms with Crippen LogP contribution in [0.25, 0.3) is 0 Å². The zero-order valence-corrected chi connectivity index (χ0v) is 15.1. The van der Waals surface area contributed by atoms with Gasteiger partial charge in [-0.1, -0.05) is 6.07 Å². The van der Waals surface area contributed by atoms with E-state index in [1.54, 1.807) is 45.2 Å². The molecule has 0 spiro atoms. The minimum Gasteiger partial charge on any atom is -0.468 e. The first-order valence-electron chi connectivity index (χ1n) is 8.17. The van der Waals surface area contributed by atoms with Crippen molar-refractivity contribution in [2.75, 3.05) is 20.2 Å². The molecule has 1 atom stereocenters. The van der Waals surface area contributed by atoms with Crippen molar-refractivity contribution in [1.82, 2.24) is 9.88 Å². The number of carbonyl (C=O) groups is 3. The van der Waals surface area contributed by atoms with Gasteiger partial charge in [-0.3, -0.25) is 14.6 Å². The molecule has 1 aromatic heterocycles. The van der Waals surface area contributed by atoms with Gasteiger partial charge in [0.1, 0.15) is 11.0 Å². The molecule has 1 amide bonds. The van der Waals surface area contributed by atoms with E-state index in [0.717, 1.165) is 0 Å². The molecule has 0 N–H and O–H groups in total. The number of Topliss-reactive ketones (excluding diaryl/α,β-unsaturated/α-hetero) is 1. The van der Waals surface area contributed by atoms with Crippen molar-refractivity contribution in [1.29, 1.82) is 0 Å². The predicted octanol–water partition coefficient (Wildman–Crippen LogP) is 1.99. The smallest absolute Gasteiger partial charge is 0.410 e. The molecule has 0 aromatic carbocycles. The summed E-state index contributed by atoms with van der Waals surface area (Å²) in [4.78, 5) is 43.2. The normalized spacial score (nSPS) is 21.0. The van der Waals surface area contributed by atoms with Crippen molar-refractivity contribution in [2.24, 2.45) is 5.41 Å². The van der Waals surface area contributed by atoms with Crippen LogP contribution in [0, 0.1) is 5.41 Å². The van der Waals surface area contributed by atoms with Gasteiger partial charge in [-0.2, -0.15) is 0 Å². The second kappa shape index (κ2) is 7.21. The molecule has 2 rings (SSSR count). The Morgan fingerprint density at radius 3 is 2.60 bits per heavy atom. The maximum atomic E-state index is 12.7. The molecule has 1 saturated heterocycles. The second-order valence-electron chi connectivity index (χ2n) is 7.15. The Labute approximate surface area is 147 Å². The number of ether oxygens (including phenoxy) is 2. The molecule has 0 aliphatic carbocycles. The number of hydrogen-bond acceptors (Lipinski definition) is 6. The van der Waals surface area contributed by atoms with Gasteiger partial charge in [0.05, 0.1) is 7.11 Å². The number of nitrogens with zero attached hydrogens (tertiary/aromatic N) is 2. The molecule has 1 aromatic rings. The summed E-state index contributed by atoms with van der Waals surface area (Å²) in [7, 11) is 1.24. The first kappa shape index (κ1) is 18.9. The SMILES string of the molecule is COC(=O)[C@@]1(Cc2ccccn2)CN(C(=O)OC(C)(C)C)CCC1=O. The lowest BCUT2D eigenvalue weighted by Crippen LogP contribution is -2.57. The molecular formula is C18H24N2O5. The van der Waals surface area contributed by atoms with Crippen LogP contribution in [0.1, 0.15) is 32.9 Å². The lowest BCUT2D eigenvalue weighted by Gasteiger charge is -2.39. The molecule has 0 saturated carbocycles. The Kier molecular flexibility index (Phi) is 5.45. The quantitative estimate of drug-likeness (QED) is 0.613. The number of carbonyl (C=O) groups excluding carboxylic acids is 3. The van der Waals surface area contributed by atoms with Gasteiger partial charge in [0.15, 0.2) is 5.78 Å². The van der Waals surface area contributed by atoms with Crippen LogP contribution in [0.3, 0.4) is 0 Å². The molecule has 0 bridgehead atoms. The number of esters is 1. The number of piperidine rings is 1. The number of hydrogen-bond donors (Lipinski definition) is 0. The summed E-state index contributed by atoms with van der Waals surface area (Å²) in [5, 5.41) is 0. The van der Waals surface area contributed by atoms with Gasteiger partial charge < -0.3 is 14.4 Å². The van der Waals surface area contributed by atoms with Gasteiger partial charge in [0, 0.05) is 37.8 Å². The minimum atomic E-state index is -1.46. The lowest BCUT2D eigenvalue weighted by atomic mass is 9.75. The number of ketones is 1. The monoisotopic (exact) mass is 348 g/mol. The number of likely N-dealkylation sites (tertiary alicyclic amines) is 1. The molecule has 1 aliphatic heterocycles. The number of aromatic nitrogens is 1. The fraction of sp³-hybridized carbons (Fsp3) is 0.556. The molecule has 0 radical (unpaired) electrons. The van der Waals surface area contributed by atoms with Crippen molar-refractivity contribution >= 4 is 17.8 Å². The van der Waals surface area contributed by atoms with Gasteiger partial charge in [0.25, 0.3) is 0 Å². The number of rotatable bonds is 3. The van der Waals surface area contributed by atoms with E-state index in [-0.39, 0.29) is 31.7 Å². The molecule has 7 nitrogen and oxygen atoms in total. The van der Waals surface area contributed by atoms with Crippen molar-refractivity contribution < 1.29 is 23.9 Å². The van der Waals surface area contributed by atoms with E-state index in [1.807, 2.05) is 0 Å². The summed E-state index contributed by atoms with van der Waals surface area (Å²) in [6.07, 6.45) is 1.20. The van der Waals surface area contributed by atoms with E-state index in [0.29, 0.717) is 5.69 Å². The molecule has 1 aliphatic rings. The largest absolute Gasteiger partial charge is 0.468 e. The third-order valence-corrected chi connectivity index (χ3v) is 4.04. The summed E-state index contributed by atoms with van der Waals surface area (Å²) in [6, 6.07) is 5.28. The Hall–Kier alpha value is -2.44. The second-order valence-corrected chi connectivity index (χ2v) is 7.15. The zero-order chi connectivity index (χ0) is 18.7. The molecule has 0 unspecified atom stereocenters. The highest BCUT2D eigenvalue weighted by atomic mass is 16.6. The van der Waals surface area contributed by atoms with Gasteiger partial charge in [-0.15, -0.1) is 0 Å². The summed E-state index contributed by atoms with van der Waals surface area (Å²) in [6.45, 7) is 5.43. The van der Waals surface area contributed by atoms with E-state index in [4.69, 9.17) is 9.47 Å². The standard InChI is InChI=1S/C18H24N2O5/c1-17(2,3)25-16(23)20-10-8-14(21)18(12-20,15(22)24-4)11-13-7-5-6-9-19-13/h5-7,9H,8,10-12H2,1-4H3/t18-/m0/s1. The molecule has 7 heteroatoms. The lowest BCUT2D eigenvalue weighted by molar-refractivity contribution is -0.161. The van der Waals surface area contributed by atoms with E-state index in [1.165, 1.54) is 12.0 Å². The average molecular weight is 348 g/mol. The van der Waals surface area contributed by atoms with Gasteiger partial charge >= 0.3 is 12.1 Å². The van der Waals surface area contributed by atoms with Crippen LogP contribution in [0.5, 0.6) is 0 Å². The van der Waals surface area contributed by atoms with Crippen LogP contribution in [0.4, 0.5) is 4.79 Å². The van der Waals surface area contributed by atoms with E-state index < -0.39 is 23.1 Å². The Morgan fingerprint density at radius 1 is 1.32 bits per heavy atom. The van der Waals surface area contributed by atoms with Gasteiger partial charge in [-0.05, 0) is 32.9 Å². The molecular weight excluding hydrogens is 324 g/mol. The van der Waals surface area contributed by atoms with Crippen LogP contribution in [0.15, 0.2) is 24.4 Å². The van der Waals surface area contributed by atoms with E-state index >= 15 is 0 Å². The molecule has 1 fully saturated rings. The van der Waals surface area contributed by atoms with Crippen molar-refractivity contribution in [3.05, 3.63) is 30.1 Å². The molecule has 2 heterocycles. The summed E-state index contributed by atoms with van der Waals surface area (Å²) in [5.74, 6) is -0.902. The van der Waals surface area contributed by atoms with Gasteiger partial charge in [0.2, 0.25) is 0 Å². The fourth-order valence-corrected chi connectivity index (χ4v) is 2.86. The Morgan fingerprint density at radius 2 is 2.04 bits per heavy atom. The maximum absolute atomic E-state index is 12.7. The first-order valence-corrected chi connectivity index (χ1v) is 8.17. The fourth-order valence-electron chi connectivity index (χ4n) is 2.86. The first-order chi connectivity index (χ1) is 11.7. The summed E-state index contributed by atoms with van der Waals surface area (Å²) in [5.41, 5.74) is -1.53. The average Bonchev–Trinajstić information content (AvgIpc) is 2.55. The predicted molar refractivity (Wildman–Crippen MR) is 89.8 cm³/mol. The van der Waals surface area contributed by atoms with Crippen LogP contribution >= 0.6 is 0 Å². The summed E-state index contributed by atoms with van der Waals surface area (Å²) >= 11 is 0. The Bertz CT molecular complexity index is 643. The van der Waals surface area contributed by atoms with Crippen LogP contribution in [0.2, 0.25) is 0 Å². The highest BCUT2D eigenvalue weighted by molar-refractivity contribution is 6.05. The highest BCUT2D eigenvalue weighted by Gasteiger charge is 2.51. The van der Waals surface area contributed by atoms with Crippen molar-refractivity contribution in [2.45, 2.75) is 39.2 Å². The third kappa shape index (κ3) is 4.35. The molecule has 136 valence electrons. The summed E-state index contributed by atoms with van der Waals surface area (Å²) < 4.78 is 10.3. The van der Waals surface area contributed by atoms with Crippen LogP contribution in [-0.2, 0) is 25.5 Å². The Balaban J connectivity index is 2.31. The zero-order valence-electron chi connectivity index (χ0n) is 15.1. The van der Waals surface area contributed by atoms with E-state index in [9.17, 15) is 14.4 Å². The van der Waals surface area contributed by atoms with Gasteiger partial charge in [-0.25, -0.2) is 4.79 Å². The maximum Gasteiger partial charge on any atom is 0.410 e. The minimum absolute atomic E-state index is 0.0706. The number of methoxy groups -OCH3 is 1.